The van der Waals surface area contributed by atoms with Gasteiger partial charge in [-0.25, -0.2) is 4.98 Å². The summed E-state index contributed by atoms with van der Waals surface area (Å²) in [4.78, 5) is 27.2. The molecule has 122 valence electrons. The van der Waals surface area contributed by atoms with Crippen LogP contribution in [-0.2, 0) is 11.2 Å². The highest BCUT2D eigenvalue weighted by Gasteiger charge is 2.22. The summed E-state index contributed by atoms with van der Waals surface area (Å²) in [5.74, 6) is -1.21. The summed E-state index contributed by atoms with van der Waals surface area (Å²) < 4.78 is 10.2. The summed E-state index contributed by atoms with van der Waals surface area (Å²) in [6.45, 7) is 1.60. The number of para-hydroxylation sites is 1. The maximum Gasteiger partial charge on any atom is 0.308 e. The van der Waals surface area contributed by atoms with Crippen LogP contribution < -0.4 is 10.1 Å². The molecule has 0 aliphatic heterocycles. The first kappa shape index (κ1) is 16.5. The number of hydrogen-bond donors (Lipinski definition) is 2. The van der Waals surface area contributed by atoms with Gasteiger partial charge in [-0.15, -0.1) is 0 Å². The van der Waals surface area contributed by atoms with Crippen LogP contribution >= 0.6 is 0 Å². The minimum atomic E-state index is -0.993. The van der Waals surface area contributed by atoms with Crippen molar-refractivity contribution in [1.29, 1.82) is 0 Å². The second-order valence-electron chi connectivity index (χ2n) is 5.02. The molecule has 1 heterocycles. The van der Waals surface area contributed by atoms with Crippen LogP contribution in [0.5, 0.6) is 5.75 Å². The molecule has 2 aromatic rings. The molecule has 23 heavy (non-hydrogen) atoms. The zero-order valence-corrected chi connectivity index (χ0v) is 12.9. The van der Waals surface area contributed by atoms with Gasteiger partial charge in [0.1, 0.15) is 11.5 Å². The molecule has 0 saturated carbocycles. The van der Waals surface area contributed by atoms with Gasteiger partial charge < -0.3 is 19.6 Å². The fraction of sp³-hybridized carbons (Fsp3) is 0.312. The zero-order chi connectivity index (χ0) is 16.8. The number of carbonyl (C=O) groups is 2. The van der Waals surface area contributed by atoms with Crippen LogP contribution in [0.4, 0.5) is 0 Å². The predicted octanol–water partition coefficient (Wildman–Crippen LogP) is 1.66. The second kappa shape index (κ2) is 7.44. The number of methoxy groups -OCH3 is 1. The number of carboxylic acids is 1. The molecule has 1 aromatic heterocycles. The van der Waals surface area contributed by atoms with Gasteiger partial charge in [0.05, 0.1) is 13.0 Å². The minimum absolute atomic E-state index is 0.0154. The lowest BCUT2D eigenvalue weighted by molar-refractivity contribution is -0.141. The van der Waals surface area contributed by atoms with Gasteiger partial charge in [-0.1, -0.05) is 18.2 Å². The number of aliphatic carboxylic acids is 1. The lowest BCUT2D eigenvalue weighted by Crippen LogP contribution is -2.34. The molecule has 1 atom stereocenters. The van der Waals surface area contributed by atoms with E-state index in [4.69, 9.17) is 9.15 Å². The SMILES string of the molecule is COc1ccccc1CC(CNC(=O)c1ncoc1C)C(=O)O. The molecule has 7 nitrogen and oxygen atoms in total. The highest BCUT2D eigenvalue weighted by molar-refractivity contribution is 5.93. The van der Waals surface area contributed by atoms with Crippen molar-refractivity contribution in [3.05, 3.63) is 47.7 Å². The highest BCUT2D eigenvalue weighted by atomic mass is 16.5. The Labute approximate surface area is 133 Å². The number of aryl methyl sites for hydroxylation is 1. The summed E-state index contributed by atoms with van der Waals surface area (Å²) in [5.41, 5.74) is 0.931. The van der Waals surface area contributed by atoms with Crippen LogP contribution in [0.25, 0.3) is 0 Å². The van der Waals surface area contributed by atoms with E-state index in [0.29, 0.717) is 11.5 Å². The molecule has 2 rings (SSSR count). The number of amides is 1. The predicted molar refractivity (Wildman–Crippen MR) is 81.4 cm³/mol. The normalized spacial score (nSPS) is 11.7. The molecule has 0 aliphatic carbocycles. The van der Waals surface area contributed by atoms with Crippen molar-refractivity contribution in [1.82, 2.24) is 10.3 Å². The van der Waals surface area contributed by atoms with E-state index < -0.39 is 17.8 Å². The summed E-state index contributed by atoms with van der Waals surface area (Å²) in [7, 11) is 1.53. The first-order valence-corrected chi connectivity index (χ1v) is 7.06. The van der Waals surface area contributed by atoms with E-state index in [1.807, 2.05) is 12.1 Å². The molecule has 0 fully saturated rings. The molecule has 0 bridgehead atoms. The van der Waals surface area contributed by atoms with Crippen LogP contribution in [0, 0.1) is 12.8 Å². The molecule has 2 N–H and O–H groups in total. The largest absolute Gasteiger partial charge is 0.496 e. The summed E-state index contributed by atoms with van der Waals surface area (Å²) in [5, 5.41) is 12.0. The average Bonchev–Trinajstić information content (AvgIpc) is 2.97. The Morgan fingerprint density at radius 3 is 2.74 bits per heavy atom. The topological polar surface area (TPSA) is 102 Å². The van der Waals surface area contributed by atoms with Gasteiger partial charge >= 0.3 is 5.97 Å². The lowest BCUT2D eigenvalue weighted by atomic mass is 9.98. The molecule has 7 heteroatoms. The van der Waals surface area contributed by atoms with E-state index in [1.54, 1.807) is 19.1 Å². The quantitative estimate of drug-likeness (QED) is 0.805. The number of aromatic nitrogens is 1. The van der Waals surface area contributed by atoms with Crippen LogP contribution in [0.15, 0.2) is 35.1 Å². The van der Waals surface area contributed by atoms with Crippen molar-refractivity contribution in [3.8, 4) is 5.75 Å². The molecular weight excluding hydrogens is 300 g/mol. The number of rotatable bonds is 7. The minimum Gasteiger partial charge on any atom is -0.496 e. The van der Waals surface area contributed by atoms with Gasteiger partial charge in [0.2, 0.25) is 0 Å². The second-order valence-corrected chi connectivity index (χ2v) is 5.02. The number of nitrogens with zero attached hydrogens (tertiary/aromatic N) is 1. The Balaban J connectivity index is 2.03. The molecule has 1 aromatic carbocycles. The number of benzene rings is 1. The molecule has 0 spiro atoms. The highest BCUT2D eigenvalue weighted by Crippen LogP contribution is 2.21. The summed E-state index contributed by atoms with van der Waals surface area (Å²) in [6.07, 6.45) is 1.42. The van der Waals surface area contributed by atoms with E-state index >= 15 is 0 Å². The van der Waals surface area contributed by atoms with Crippen molar-refractivity contribution in [2.45, 2.75) is 13.3 Å². The lowest BCUT2D eigenvalue weighted by Gasteiger charge is -2.15. The Kier molecular flexibility index (Phi) is 5.35. The molecule has 1 amide bonds. The maximum atomic E-state index is 12.0. The number of hydrogen-bond acceptors (Lipinski definition) is 5. The first-order valence-electron chi connectivity index (χ1n) is 7.06. The van der Waals surface area contributed by atoms with Gasteiger partial charge in [-0.2, -0.15) is 0 Å². The van der Waals surface area contributed by atoms with Crippen LogP contribution in [-0.4, -0.2) is 35.6 Å². The molecular formula is C16H18N2O5. The number of carbonyl (C=O) groups excluding carboxylic acids is 1. The number of ether oxygens (including phenoxy) is 1. The Morgan fingerprint density at radius 1 is 1.39 bits per heavy atom. The van der Waals surface area contributed by atoms with Crippen molar-refractivity contribution in [2.75, 3.05) is 13.7 Å². The third kappa shape index (κ3) is 4.09. The summed E-state index contributed by atoms with van der Waals surface area (Å²) >= 11 is 0. The molecule has 0 saturated heterocycles. The average molecular weight is 318 g/mol. The Bertz CT molecular complexity index is 695. The van der Waals surface area contributed by atoms with Gasteiger partial charge in [0, 0.05) is 6.54 Å². The molecule has 0 radical (unpaired) electrons. The third-order valence-electron chi connectivity index (χ3n) is 3.48. The zero-order valence-electron chi connectivity index (χ0n) is 12.9. The fourth-order valence-electron chi connectivity index (χ4n) is 2.21. The first-order chi connectivity index (χ1) is 11.0. The van der Waals surface area contributed by atoms with Crippen molar-refractivity contribution >= 4 is 11.9 Å². The number of nitrogens with one attached hydrogen (secondary N) is 1. The van der Waals surface area contributed by atoms with E-state index in [1.165, 1.54) is 13.5 Å². The number of oxazole rings is 1. The van der Waals surface area contributed by atoms with Crippen molar-refractivity contribution in [3.63, 3.8) is 0 Å². The third-order valence-corrected chi connectivity index (χ3v) is 3.48. The van der Waals surface area contributed by atoms with Gasteiger partial charge in [-0.05, 0) is 25.0 Å². The van der Waals surface area contributed by atoms with Crippen LogP contribution in [0.3, 0.4) is 0 Å². The monoisotopic (exact) mass is 318 g/mol. The maximum absolute atomic E-state index is 12.0. The van der Waals surface area contributed by atoms with E-state index in [2.05, 4.69) is 10.3 Å². The van der Waals surface area contributed by atoms with Crippen LogP contribution in [0.2, 0.25) is 0 Å². The van der Waals surface area contributed by atoms with E-state index in [9.17, 15) is 14.7 Å². The Morgan fingerprint density at radius 2 is 2.13 bits per heavy atom. The standard InChI is InChI=1S/C16H18N2O5/c1-10-14(18-9-23-10)15(19)17-8-12(16(20)21)7-11-5-3-4-6-13(11)22-2/h3-6,9,12H,7-8H2,1-2H3,(H,17,19)(H,20,21). The van der Waals surface area contributed by atoms with Crippen LogP contribution in [0.1, 0.15) is 21.8 Å². The van der Waals surface area contributed by atoms with E-state index in [0.717, 1.165) is 5.56 Å². The van der Waals surface area contributed by atoms with Gasteiger partial charge in [0.25, 0.3) is 5.91 Å². The molecule has 1 unspecified atom stereocenters. The fourth-order valence-corrected chi connectivity index (χ4v) is 2.21. The van der Waals surface area contributed by atoms with Gasteiger partial charge in [0.15, 0.2) is 12.1 Å². The van der Waals surface area contributed by atoms with E-state index in [-0.39, 0.29) is 18.7 Å². The van der Waals surface area contributed by atoms with Gasteiger partial charge in [-0.3, -0.25) is 9.59 Å². The number of carboxylic acid groups (broad SMARTS) is 1. The smallest absolute Gasteiger partial charge is 0.308 e. The van der Waals surface area contributed by atoms with Crippen molar-refractivity contribution < 1.29 is 23.8 Å². The Hall–Kier alpha value is -2.83. The molecule has 0 aliphatic rings. The van der Waals surface area contributed by atoms with Crippen molar-refractivity contribution in [2.24, 2.45) is 5.92 Å². The summed E-state index contributed by atoms with van der Waals surface area (Å²) in [6, 6.07) is 7.20.